The van der Waals surface area contributed by atoms with Crippen molar-refractivity contribution in [2.45, 2.75) is 33.1 Å². The van der Waals surface area contributed by atoms with Crippen molar-refractivity contribution in [1.82, 2.24) is 0 Å². The molecule has 6 heteroatoms. The summed E-state index contributed by atoms with van der Waals surface area (Å²) in [5.74, 6) is -2.58. The van der Waals surface area contributed by atoms with Gasteiger partial charge in [-0.1, -0.05) is 19.1 Å². The number of nitriles is 1. The van der Waals surface area contributed by atoms with Gasteiger partial charge in [0.25, 0.3) is 0 Å². The molecule has 1 amide bonds. The highest BCUT2D eigenvalue weighted by Gasteiger charge is 2.34. The Bertz CT molecular complexity index is 670. The normalized spacial score (nSPS) is 20.4. The second-order valence-corrected chi connectivity index (χ2v) is 6.51. The van der Waals surface area contributed by atoms with Gasteiger partial charge in [-0.15, -0.1) is 11.3 Å². The summed E-state index contributed by atoms with van der Waals surface area (Å²) in [6.07, 6.45) is 5.14. The first-order chi connectivity index (χ1) is 10.5. The van der Waals surface area contributed by atoms with E-state index < -0.39 is 17.8 Å². The van der Waals surface area contributed by atoms with E-state index in [1.165, 1.54) is 11.3 Å². The monoisotopic (exact) mass is 318 g/mol. The number of carboxylic acids is 1. The van der Waals surface area contributed by atoms with Crippen LogP contribution in [0.1, 0.15) is 35.8 Å². The molecule has 0 saturated heterocycles. The Morgan fingerprint density at radius 3 is 2.59 bits per heavy atom. The zero-order valence-corrected chi connectivity index (χ0v) is 13.4. The number of carbonyl (C=O) groups is 2. The molecule has 0 saturated carbocycles. The molecule has 1 aromatic heterocycles. The van der Waals surface area contributed by atoms with Crippen molar-refractivity contribution in [3.8, 4) is 6.07 Å². The van der Waals surface area contributed by atoms with Crippen LogP contribution in [0.4, 0.5) is 5.00 Å². The van der Waals surface area contributed by atoms with Gasteiger partial charge in [-0.2, -0.15) is 5.26 Å². The second-order valence-electron chi connectivity index (χ2n) is 5.29. The Balaban J connectivity index is 2.24. The van der Waals surface area contributed by atoms with E-state index in [1.54, 1.807) is 6.08 Å². The smallest absolute Gasteiger partial charge is 0.307 e. The molecule has 1 aliphatic carbocycles. The molecule has 2 atom stereocenters. The predicted molar refractivity (Wildman–Crippen MR) is 84.8 cm³/mol. The van der Waals surface area contributed by atoms with Crippen molar-refractivity contribution in [2.75, 3.05) is 5.32 Å². The van der Waals surface area contributed by atoms with Crippen molar-refractivity contribution in [1.29, 1.82) is 5.26 Å². The SMILES string of the molecule is CCc1c(C)sc(NC(=O)[C@@H]2CC=CC[C@H]2C(=O)O)c1C#N. The average molecular weight is 318 g/mol. The maximum absolute atomic E-state index is 12.4. The van der Waals surface area contributed by atoms with Crippen LogP contribution in [0.15, 0.2) is 12.2 Å². The molecule has 0 spiro atoms. The Morgan fingerprint density at radius 1 is 1.41 bits per heavy atom. The molecule has 2 rings (SSSR count). The molecule has 0 aromatic carbocycles. The van der Waals surface area contributed by atoms with Gasteiger partial charge in [0.2, 0.25) is 5.91 Å². The van der Waals surface area contributed by atoms with Crippen molar-refractivity contribution in [3.63, 3.8) is 0 Å². The first-order valence-corrected chi connectivity index (χ1v) is 8.02. The lowest BCUT2D eigenvalue weighted by atomic mass is 9.82. The number of carboxylic acid groups (broad SMARTS) is 1. The molecule has 1 aliphatic rings. The number of rotatable bonds is 4. The van der Waals surface area contributed by atoms with Crippen LogP contribution in [0.5, 0.6) is 0 Å². The van der Waals surface area contributed by atoms with E-state index in [9.17, 15) is 20.0 Å². The fourth-order valence-corrected chi connectivity index (χ4v) is 3.89. The third-order valence-corrected chi connectivity index (χ3v) is 5.06. The highest BCUT2D eigenvalue weighted by molar-refractivity contribution is 7.16. The molecule has 0 aliphatic heterocycles. The fourth-order valence-electron chi connectivity index (χ4n) is 2.79. The number of aryl methyl sites for hydroxylation is 1. The molecule has 2 N–H and O–H groups in total. The van der Waals surface area contributed by atoms with Gasteiger partial charge in [0.1, 0.15) is 11.1 Å². The second kappa shape index (κ2) is 6.75. The van der Waals surface area contributed by atoms with E-state index in [-0.39, 0.29) is 5.91 Å². The summed E-state index contributed by atoms with van der Waals surface area (Å²) in [5.41, 5.74) is 1.44. The molecule has 116 valence electrons. The highest BCUT2D eigenvalue weighted by Crippen LogP contribution is 2.34. The Hall–Kier alpha value is -2.13. The molecule has 1 heterocycles. The van der Waals surface area contributed by atoms with Gasteiger partial charge in [-0.3, -0.25) is 9.59 Å². The molecule has 0 radical (unpaired) electrons. The Labute approximate surface area is 133 Å². The number of aliphatic carboxylic acids is 1. The van der Waals surface area contributed by atoms with Crippen LogP contribution in [0.25, 0.3) is 0 Å². The average Bonchev–Trinajstić information content (AvgIpc) is 2.81. The number of nitrogens with one attached hydrogen (secondary N) is 1. The van der Waals surface area contributed by atoms with Crippen LogP contribution in [0, 0.1) is 30.1 Å². The molecule has 0 bridgehead atoms. The molecular weight excluding hydrogens is 300 g/mol. The number of carbonyl (C=O) groups excluding carboxylic acids is 1. The lowest BCUT2D eigenvalue weighted by molar-refractivity contribution is -0.146. The number of hydrogen-bond acceptors (Lipinski definition) is 4. The standard InChI is InChI=1S/C16H18N2O3S/c1-3-10-9(2)22-15(13(10)8-17)18-14(19)11-6-4-5-7-12(11)16(20)21/h4-5,11-12H,3,6-7H2,1-2H3,(H,18,19)(H,20,21)/t11-,12-/m1/s1. The third kappa shape index (κ3) is 3.04. The lowest BCUT2D eigenvalue weighted by Gasteiger charge is -2.23. The third-order valence-electron chi connectivity index (χ3n) is 4.00. The molecular formula is C16H18N2O3S. The molecule has 5 nitrogen and oxygen atoms in total. The van der Waals surface area contributed by atoms with E-state index in [1.807, 2.05) is 19.9 Å². The maximum atomic E-state index is 12.4. The number of amides is 1. The summed E-state index contributed by atoms with van der Waals surface area (Å²) in [7, 11) is 0. The zero-order chi connectivity index (χ0) is 16.3. The minimum Gasteiger partial charge on any atom is -0.481 e. The van der Waals surface area contributed by atoms with Crippen LogP contribution in [-0.4, -0.2) is 17.0 Å². The summed E-state index contributed by atoms with van der Waals surface area (Å²) in [5, 5.41) is 21.9. The number of thiophene rings is 1. The van der Waals surface area contributed by atoms with Gasteiger partial charge < -0.3 is 10.4 Å². The van der Waals surface area contributed by atoms with Crippen LogP contribution < -0.4 is 5.32 Å². The molecule has 0 fully saturated rings. The van der Waals surface area contributed by atoms with E-state index in [0.29, 0.717) is 23.4 Å². The summed E-state index contributed by atoms with van der Waals surface area (Å²) in [6.45, 7) is 3.89. The largest absolute Gasteiger partial charge is 0.481 e. The Kier molecular flexibility index (Phi) is 4.99. The minimum absolute atomic E-state index is 0.322. The quantitative estimate of drug-likeness (QED) is 0.835. The summed E-state index contributed by atoms with van der Waals surface area (Å²) in [4.78, 5) is 24.7. The minimum atomic E-state index is -0.957. The van der Waals surface area contributed by atoms with Gasteiger partial charge in [-0.05, 0) is 31.7 Å². The topological polar surface area (TPSA) is 90.2 Å². The Morgan fingerprint density at radius 2 is 2.05 bits per heavy atom. The number of hydrogen-bond donors (Lipinski definition) is 2. The maximum Gasteiger partial charge on any atom is 0.307 e. The van der Waals surface area contributed by atoms with Crippen LogP contribution in [0.3, 0.4) is 0 Å². The number of allylic oxidation sites excluding steroid dienone is 2. The van der Waals surface area contributed by atoms with Gasteiger partial charge >= 0.3 is 5.97 Å². The van der Waals surface area contributed by atoms with Gasteiger partial charge in [0, 0.05) is 4.88 Å². The van der Waals surface area contributed by atoms with Crippen molar-refractivity contribution in [3.05, 3.63) is 28.2 Å². The first kappa shape index (κ1) is 16.2. The first-order valence-electron chi connectivity index (χ1n) is 7.20. The van der Waals surface area contributed by atoms with Crippen LogP contribution >= 0.6 is 11.3 Å². The van der Waals surface area contributed by atoms with E-state index in [2.05, 4.69) is 11.4 Å². The molecule has 1 aromatic rings. The lowest BCUT2D eigenvalue weighted by Crippen LogP contribution is -2.34. The summed E-state index contributed by atoms with van der Waals surface area (Å²) < 4.78 is 0. The van der Waals surface area contributed by atoms with E-state index in [0.717, 1.165) is 16.9 Å². The van der Waals surface area contributed by atoms with Crippen LogP contribution in [-0.2, 0) is 16.0 Å². The highest BCUT2D eigenvalue weighted by atomic mass is 32.1. The van der Waals surface area contributed by atoms with Gasteiger partial charge in [0.15, 0.2) is 0 Å². The summed E-state index contributed by atoms with van der Waals surface area (Å²) in [6, 6.07) is 2.14. The van der Waals surface area contributed by atoms with Gasteiger partial charge in [-0.25, -0.2) is 0 Å². The number of nitrogens with zero attached hydrogens (tertiary/aromatic N) is 1. The fraction of sp³-hybridized carbons (Fsp3) is 0.438. The van der Waals surface area contributed by atoms with Crippen molar-refractivity contribution >= 4 is 28.2 Å². The number of anilines is 1. The van der Waals surface area contributed by atoms with E-state index in [4.69, 9.17) is 0 Å². The van der Waals surface area contributed by atoms with Crippen molar-refractivity contribution < 1.29 is 14.7 Å². The molecule has 0 unspecified atom stereocenters. The van der Waals surface area contributed by atoms with Crippen LogP contribution in [0.2, 0.25) is 0 Å². The molecule has 22 heavy (non-hydrogen) atoms. The van der Waals surface area contributed by atoms with Gasteiger partial charge in [0.05, 0.1) is 17.4 Å². The predicted octanol–water partition coefficient (Wildman–Crippen LogP) is 3.10. The zero-order valence-electron chi connectivity index (χ0n) is 12.5. The summed E-state index contributed by atoms with van der Waals surface area (Å²) >= 11 is 1.37. The van der Waals surface area contributed by atoms with Crippen molar-refractivity contribution in [2.24, 2.45) is 11.8 Å². The van der Waals surface area contributed by atoms with E-state index >= 15 is 0 Å².